The predicted octanol–water partition coefficient (Wildman–Crippen LogP) is 1.05. The molecule has 2 aliphatic heterocycles. The Hall–Kier alpha value is -2.36. The summed E-state index contributed by atoms with van der Waals surface area (Å²) in [4.78, 5) is 38.4. The van der Waals surface area contributed by atoms with Gasteiger partial charge in [0.2, 0.25) is 5.91 Å². The number of piperazine rings is 1. The van der Waals surface area contributed by atoms with Crippen LogP contribution in [0.25, 0.3) is 0 Å². The second kappa shape index (κ2) is 7.94. The minimum absolute atomic E-state index is 0.0219. The number of carbonyl (C=O) groups is 2. The van der Waals surface area contributed by atoms with Gasteiger partial charge in [0.05, 0.1) is 10.7 Å². The van der Waals surface area contributed by atoms with Gasteiger partial charge in [-0.25, -0.2) is 15.8 Å². The molecule has 4 rings (SSSR count). The van der Waals surface area contributed by atoms with Crippen molar-refractivity contribution in [1.82, 2.24) is 30.6 Å². The van der Waals surface area contributed by atoms with Gasteiger partial charge in [-0.1, -0.05) is 0 Å². The van der Waals surface area contributed by atoms with E-state index in [4.69, 9.17) is 0 Å². The Kier molecular flexibility index (Phi) is 5.38. The van der Waals surface area contributed by atoms with Gasteiger partial charge in [0, 0.05) is 44.6 Å². The van der Waals surface area contributed by atoms with Crippen LogP contribution >= 0.6 is 11.3 Å². The van der Waals surface area contributed by atoms with Crippen LogP contribution < -0.4 is 10.9 Å². The molecule has 2 amide bonds. The highest BCUT2D eigenvalue weighted by atomic mass is 32.1. The van der Waals surface area contributed by atoms with Crippen molar-refractivity contribution in [2.24, 2.45) is 0 Å². The predicted molar refractivity (Wildman–Crippen MR) is 106 cm³/mol. The van der Waals surface area contributed by atoms with Crippen LogP contribution in [-0.4, -0.2) is 63.8 Å². The molecule has 2 N–H and O–H groups in total. The van der Waals surface area contributed by atoms with Gasteiger partial charge in [-0.05, 0) is 38.0 Å². The Morgan fingerprint density at radius 3 is 2.39 bits per heavy atom. The standard InChI is InChI=1S/C19H24N6O2S/c1-12-17(28-13(2)21-12)19(27)25-9-7-24(8-10-25)18(26)16-11-15(22-23-16)14-3-5-20-6-4-14/h3-6,15-16,22-23H,7-11H2,1-2H3. The third kappa shape index (κ3) is 3.78. The molecule has 9 heteroatoms. The van der Waals surface area contributed by atoms with Gasteiger partial charge in [0.1, 0.15) is 10.9 Å². The SMILES string of the molecule is Cc1nc(C)c(C(=O)N2CCN(C(=O)C3CC(c4ccncc4)NN3)CC2)s1. The van der Waals surface area contributed by atoms with Crippen molar-refractivity contribution < 1.29 is 9.59 Å². The molecule has 4 heterocycles. The van der Waals surface area contributed by atoms with Crippen LogP contribution in [0.3, 0.4) is 0 Å². The van der Waals surface area contributed by atoms with Gasteiger partial charge in [0.25, 0.3) is 5.91 Å². The molecule has 0 saturated carbocycles. The van der Waals surface area contributed by atoms with Crippen LogP contribution in [0.1, 0.15) is 38.4 Å². The third-order valence-electron chi connectivity index (χ3n) is 5.29. The van der Waals surface area contributed by atoms with Crippen LogP contribution in [-0.2, 0) is 4.79 Å². The molecule has 2 saturated heterocycles. The fraction of sp³-hybridized carbons (Fsp3) is 0.474. The number of aryl methyl sites for hydroxylation is 2. The third-order valence-corrected chi connectivity index (χ3v) is 6.35. The normalized spacial score (nSPS) is 22.5. The van der Waals surface area contributed by atoms with Gasteiger partial charge in [-0.3, -0.25) is 14.6 Å². The van der Waals surface area contributed by atoms with Gasteiger partial charge >= 0.3 is 0 Å². The average Bonchev–Trinajstić information content (AvgIpc) is 3.34. The first-order valence-corrected chi connectivity index (χ1v) is 10.3. The first kappa shape index (κ1) is 19.0. The molecule has 28 heavy (non-hydrogen) atoms. The monoisotopic (exact) mass is 400 g/mol. The molecule has 148 valence electrons. The number of nitrogens with zero attached hydrogens (tertiary/aromatic N) is 4. The van der Waals surface area contributed by atoms with Gasteiger partial charge in [-0.15, -0.1) is 11.3 Å². The zero-order chi connectivity index (χ0) is 19.7. The van der Waals surface area contributed by atoms with E-state index >= 15 is 0 Å². The van der Waals surface area contributed by atoms with Crippen molar-refractivity contribution in [2.45, 2.75) is 32.4 Å². The van der Waals surface area contributed by atoms with E-state index in [0.717, 1.165) is 16.3 Å². The maximum Gasteiger partial charge on any atom is 0.265 e. The summed E-state index contributed by atoms with van der Waals surface area (Å²) in [5.74, 6) is 0.106. The second-order valence-corrected chi connectivity index (χ2v) is 8.38. The largest absolute Gasteiger partial charge is 0.338 e. The lowest BCUT2D eigenvalue weighted by Gasteiger charge is -2.35. The van der Waals surface area contributed by atoms with Crippen LogP contribution in [0.15, 0.2) is 24.5 Å². The Balaban J connectivity index is 1.32. The number of rotatable bonds is 3. The zero-order valence-corrected chi connectivity index (χ0v) is 16.8. The summed E-state index contributed by atoms with van der Waals surface area (Å²) in [7, 11) is 0. The van der Waals surface area contributed by atoms with E-state index in [1.165, 1.54) is 11.3 Å². The van der Waals surface area contributed by atoms with Crippen LogP contribution in [0.2, 0.25) is 0 Å². The minimum Gasteiger partial charge on any atom is -0.338 e. The number of hydrogen-bond acceptors (Lipinski definition) is 7. The van der Waals surface area contributed by atoms with Crippen molar-refractivity contribution in [3.8, 4) is 0 Å². The van der Waals surface area contributed by atoms with E-state index in [2.05, 4.69) is 20.8 Å². The molecular weight excluding hydrogens is 376 g/mol. The van der Waals surface area contributed by atoms with Gasteiger partial charge in [-0.2, -0.15) is 0 Å². The Bertz CT molecular complexity index is 863. The lowest BCUT2D eigenvalue weighted by molar-refractivity contribution is -0.134. The number of hydrogen-bond donors (Lipinski definition) is 2. The Morgan fingerprint density at radius 1 is 1.07 bits per heavy atom. The van der Waals surface area contributed by atoms with Crippen molar-refractivity contribution in [3.05, 3.63) is 45.7 Å². The second-order valence-electron chi connectivity index (χ2n) is 7.18. The topological polar surface area (TPSA) is 90.5 Å². The summed E-state index contributed by atoms with van der Waals surface area (Å²) in [6.07, 6.45) is 4.21. The molecule has 2 aromatic rings. The highest BCUT2D eigenvalue weighted by molar-refractivity contribution is 7.13. The number of amides is 2. The van der Waals surface area contributed by atoms with E-state index < -0.39 is 0 Å². The van der Waals surface area contributed by atoms with Crippen LogP contribution in [0, 0.1) is 13.8 Å². The van der Waals surface area contributed by atoms with E-state index in [0.29, 0.717) is 37.5 Å². The molecule has 0 aromatic carbocycles. The zero-order valence-electron chi connectivity index (χ0n) is 16.0. The first-order chi connectivity index (χ1) is 13.5. The summed E-state index contributed by atoms with van der Waals surface area (Å²) >= 11 is 1.44. The number of pyridine rings is 1. The highest BCUT2D eigenvalue weighted by Crippen LogP contribution is 2.23. The number of aromatic nitrogens is 2. The Labute approximate surface area is 167 Å². The Morgan fingerprint density at radius 2 is 1.75 bits per heavy atom. The van der Waals surface area contributed by atoms with Gasteiger partial charge in [0.15, 0.2) is 0 Å². The van der Waals surface area contributed by atoms with E-state index in [-0.39, 0.29) is 23.9 Å². The van der Waals surface area contributed by atoms with Crippen molar-refractivity contribution in [2.75, 3.05) is 26.2 Å². The lowest BCUT2D eigenvalue weighted by Crippen LogP contribution is -2.54. The summed E-state index contributed by atoms with van der Waals surface area (Å²) < 4.78 is 0. The fourth-order valence-corrected chi connectivity index (χ4v) is 4.64. The molecule has 2 aliphatic rings. The first-order valence-electron chi connectivity index (χ1n) is 9.46. The fourth-order valence-electron chi connectivity index (χ4n) is 3.76. The highest BCUT2D eigenvalue weighted by Gasteiger charge is 2.35. The average molecular weight is 401 g/mol. The summed E-state index contributed by atoms with van der Waals surface area (Å²) in [5, 5.41) is 0.901. The van der Waals surface area contributed by atoms with Crippen LogP contribution in [0.4, 0.5) is 0 Å². The molecule has 0 spiro atoms. The summed E-state index contributed by atoms with van der Waals surface area (Å²) in [6, 6.07) is 3.75. The van der Waals surface area contributed by atoms with Crippen LogP contribution in [0.5, 0.6) is 0 Å². The molecule has 2 aromatic heterocycles. The van der Waals surface area contributed by atoms with E-state index in [9.17, 15) is 9.59 Å². The molecule has 0 aliphatic carbocycles. The van der Waals surface area contributed by atoms with Gasteiger partial charge < -0.3 is 9.80 Å². The number of hydrazine groups is 1. The van der Waals surface area contributed by atoms with Crippen molar-refractivity contribution >= 4 is 23.2 Å². The minimum atomic E-state index is -0.258. The summed E-state index contributed by atoms with van der Waals surface area (Å²) in [5.41, 5.74) is 8.23. The number of carbonyl (C=O) groups excluding carboxylic acids is 2. The maximum absolute atomic E-state index is 12.9. The molecule has 0 radical (unpaired) electrons. The van der Waals surface area contributed by atoms with E-state index in [1.54, 1.807) is 12.4 Å². The maximum atomic E-state index is 12.9. The number of thiazole rings is 1. The smallest absolute Gasteiger partial charge is 0.265 e. The lowest BCUT2D eigenvalue weighted by atomic mass is 10.0. The molecule has 2 atom stereocenters. The molecular formula is C19H24N6O2S. The molecule has 8 nitrogen and oxygen atoms in total. The van der Waals surface area contributed by atoms with Crippen molar-refractivity contribution in [3.63, 3.8) is 0 Å². The molecule has 2 fully saturated rings. The number of nitrogens with one attached hydrogen (secondary N) is 2. The molecule has 0 bridgehead atoms. The summed E-state index contributed by atoms with van der Waals surface area (Å²) in [6.45, 7) is 5.99. The molecule has 2 unspecified atom stereocenters. The van der Waals surface area contributed by atoms with Crippen molar-refractivity contribution in [1.29, 1.82) is 0 Å². The quantitative estimate of drug-likeness (QED) is 0.800. The van der Waals surface area contributed by atoms with E-state index in [1.807, 2.05) is 35.8 Å².